The van der Waals surface area contributed by atoms with Crippen molar-refractivity contribution in [1.29, 1.82) is 0 Å². The summed E-state index contributed by atoms with van der Waals surface area (Å²) in [5, 5.41) is 2.98. The van der Waals surface area contributed by atoms with E-state index in [0.717, 1.165) is 30.2 Å². The zero-order valence-electron chi connectivity index (χ0n) is 18.0. The molecule has 0 radical (unpaired) electrons. The molecule has 0 aliphatic carbocycles. The van der Waals surface area contributed by atoms with Crippen LogP contribution in [0, 0.1) is 11.8 Å². The smallest absolute Gasteiger partial charge is 0.378 e. The van der Waals surface area contributed by atoms with Gasteiger partial charge in [-0.1, -0.05) is 44.2 Å². The molecule has 4 nitrogen and oxygen atoms in total. The molecule has 2 aromatic carbocycles. The second-order valence-electron chi connectivity index (χ2n) is 8.54. The highest BCUT2D eigenvalue weighted by Crippen LogP contribution is 2.48. The van der Waals surface area contributed by atoms with E-state index in [-0.39, 0.29) is 30.3 Å². The van der Waals surface area contributed by atoms with Crippen LogP contribution in [0.3, 0.4) is 0 Å². The molecule has 0 saturated carbocycles. The second-order valence-corrected chi connectivity index (χ2v) is 10.9. The van der Waals surface area contributed by atoms with Gasteiger partial charge in [-0.3, -0.25) is 0 Å². The van der Waals surface area contributed by atoms with Gasteiger partial charge in [0.15, 0.2) is 0 Å². The maximum atomic E-state index is 13.3. The lowest BCUT2D eigenvalue weighted by Gasteiger charge is -2.40. The fourth-order valence-corrected chi connectivity index (χ4v) is 5.18. The van der Waals surface area contributed by atoms with Crippen molar-refractivity contribution in [2.24, 2.45) is 11.8 Å². The van der Waals surface area contributed by atoms with Gasteiger partial charge < -0.3 is 5.32 Å². The van der Waals surface area contributed by atoms with Crippen LogP contribution in [0.2, 0.25) is 0 Å². The minimum absolute atomic E-state index is 0.0421. The predicted molar refractivity (Wildman–Crippen MR) is 122 cm³/mol. The Hall–Kier alpha value is -1.77. The van der Waals surface area contributed by atoms with Gasteiger partial charge in [-0.2, -0.15) is 13.2 Å². The van der Waals surface area contributed by atoms with E-state index >= 15 is 0 Å². The molecule has 4 atom stereocenters. The van der Waals surface area contributed by atoms with Crippen molar-refractivity contribution in [3.05, 3.63) is 65.2 Å². The first-order chi connectivity index (χ1) is 15.0. The van der Waals surface area contributed by atoms with E-state index < -0.39 is 27.0 Å². The number of anilines is 1. The van der Waals surface area contributed by atoms with Crippen LogP contribution in [0.4, 0.5) is 18.9 Å². The average molecular weight is 489 g/mol. The first-order valence-electron chi connectivity index (χ1n) is 10.6. The Bertz CT molecular complexity index is 1020. The Morgan fingerprint density at radius 1 is 1.16 bits per heavy atom. The Balaban J connectivity index is 1.84. The normalized spacial score (nSPS) is 22.1. The fourth-order valence-electron chi connectivity index (χ4n) is 4.34. The molecule has 0 aromatic heterocycles. The van der Waals surface area contributed by atoms with Gasteiger partial charge in [0, 0.05) is 12.2 Å². The van der Waals surface area contributed by atoms with Crippen molar-refractivity contribution in [2.75, 3.05) is 17.1 Å². The van der Waals surface area contributed by atoms with Gasteiger partial charge in [0.1, 0.15) is 5.21 Å². The number of fused-ring (bicyclic) bond motifs is 1. The molecule has 1 aliphatic heterocycles. The first-order valence-corrected chi connectivity index (χ1v) is 12.8. The predicted octanol–water partition coefficient (Wildman–Crippen LogP) is 6.12. The monoisotopic (exact) mass is 488 g/mol. The summed E-state index contributed by atoms with van der Waals surface area (Å²) < 4.78 is 65.6. The molecule has 9 heteroatoms. The number of nitrogens with one attached hydrogen (secondary N) is 2. The van der Waals surface area contributed by atoms with Crippen LogP contribution in [-0.4, -0.2) is 20.2 Å². The third-order valence-corrected chi connectivity index (χ3v) is 7.95. The summed E-state index contributed by atoms with van der Waals surface area (Å²) in [5.41, 5.74) is 1.81. The second kappa shape index (κ2) is 10.0. The number of rotatable bonds is 8. The maximum Gasteiger partial charge on any atom is 0.416 e. The molecule has 0 amide bonds. The van der Waals surface area contributed by atoms with Crippen molar-refractivity contribution in [3.63, 3.8) is 0 Å². The van der Waals surface area contributed by atoms with Gasteiger partial charge in [0.05, 0.1) is 11.6 Å². The molecule has 2 N–H and O–H groups in total. The van der Waals surface area contributed by atoms with Crippen molar-refractivity contribution >= 4 is 27.3 Å². The topological polar surface area (TPSA) is 58.2 Å². The van der Waals surface area contributed by atoms with E-state index in [1.54, 1.807) is 0 Å². The van der Waals surface area contributed by atoms with Gasteiger partial charge in [0.25, 0.3) is 0 Å². The number of sulfonamides is 1. The quantitative estimate of drug-likeness (QED) is 0.440. The van der Waals surface area contributed by atoms with Crippen LogP contribution in [0.1, 0.15) is 55.3 Å². The molecule has 176 valence electrons. The molecular weight excluding hydrogens is 461 g/mol. The summed E-state index contributed by atoms with van der Waals surface area (Å²) in [5.74, 6) is -0.00882. The SMILES string of the molecule is C[C@H](CC[C@@H]1[C@H](C)c2cc(C(F)(F)F)ccc2N[C@H]1c1ccccc1)CNS(=O)(=O)CCl. The average Bonchev–Trinajstić information content (AvgIpc) is 2.76. The summed E-state index contributed by atoms with van der Waals surface area (Å²) in [4.78, 5) is 0. The van der Waals surface area contributed by atoms with Crippen molar-refractivity contribution in [3.8, 4) is 0 Å². The van der Waals surface area contributed by atoms with Crippen LogP contribution < -0.4 is 10.0 Å². The highest BCUT2D eigenvalue weighted by atomic mass is 35.5. The standard InChI is InChI=1S/C23H28ClF3N2O2S/c1-15(13-28-32(30,31)14-24)8-10-19-16(2)20-12-18(23(25,26)27)9-11-21(20)29-22(19)17-6-4-3-5-7-17/h3-7,9,11-12,15-16,19,22,28-29H,8,10,13-14H2,1-2H3/t15-,16+,19-,22+/m1/s1. The minimum Gasteiger partial charge on any atom is -0.378 e. The van der Waals surface area contributed by atoms with Crippen LogP contribution in [0.5, 0.6) is 0 Å². The highest BCUT2D eigenvalue weighted by molar-refractivity contribution is 7.90. The zero-order valence-corrected chi connectivity index (χ0v) is 19.6. The molecule has 1 heterocycles. The lowest BCUT2D eigenvalue weighted by atomic mass is 9.73. The third kappa shape index (κ3) is 5.97. The van der Waals surface area contributed by atoms with Crippen LogP contribution in [0.15, 0.2) is 48.5 Å². The Morgan fingerprint density at radius 2 is 1.84 bits per heavy atom. The number of halogens is 4. The summed E-state index contributed by atoms with van der Waals surface area (Å²) in [7, 11) is -3.48. The molecule has 0 bridgehead atoms. The highest BCUT2D eigenvalue weighted by Gasteiger charge is 2.37. The van der Waals surface area contributed by atoms with Crippen LogP contribution >= 0.6 is 11.6 Å². The largest absolute Gasteiger partial charge is 0.416 e. The van der Waals surface area contributed by atoms with E-state index in [2.05, 4.69) is 10.0 Å². The zero-order chi connectivity index (χ0) is 23.5. The van der Waals surface area contributed by atoms with Gasteiger partial charge in [-0.05, 0) is 59.9 Å². The first kappa shape index (κ1) is 24.9. The minimum atomic E-state index is -4.39. The lowest BCUT2D eigenvalue weighted by molar-refractivity contribution is -0.137. The van der Waals surface area contributed by atoms with Crippen LogP contribution in [0.25, 0.3) is 0 Å². The van der Waals surface area contributed by atoms with Crippen molar-refractivity contribution in [1.82, 2.24) is 4.72 Å². The molecule has 0 saturated heterocycles. The summed E-state index contributed by atoms with van der Waals surface area (Å²) in [6, 6.07) is 13.7. The number of hydrogen-bond acceptors (Lipinski definition) is 3. The molecule has 0 spiro atoms. The van der Waals surface area contributed by atoms with Gasteiger partial charge in [-0.25, -0.2) is 13.1 Å². The van der Waals surface area contributed by atoms with E-state index in [9.17, 15) is 21.6 Å². The van der Waals surface area contributed by atoms with Gasteiger partial charge >= 0.3 is 6.18 Å². The van der Waals surface area contributed by atoms with E-state index in [1.165, 1.54) is 12.1 Å². The molecule has 3 rings (SSSR count). The molecule has 0 fully saturated rings. The van der Waals surface area contributed by atoms with E-state index in [1.807, 2.05) is 44.2 Å². The lowest BCUT2D eigenvalue weighted by Crippen LogP contribution is -2.32. The number of benzene rings is 2. The Kier molecular flexibility index (Phi) is 7.78. The molecule has 0 unspecified atom stereocenters. The Labute approximate surface area is 192 Å². The molecule has 1 aliphatic rings. The van der Waals surface area contributed by atoms with Crippen molar-refractivity contribution in [2.45, 2.75) is 44.8 Å². The summed E-state index contributed by atoms with van der Waals surface area (Å²) in [6.07, 6.45) is -2.94. The van der Waals surface area contributed by atoms with Crippen molar-refractivity contribution < 1.29 is 21.6 Å². The summed E-state index contributed by atoms with van der Waals surface area (Å²) in [6.45, 7) is 4.20. The third-order valence-electron chi connectivity index (χ3n) is 6.20. The molecular formula is C23H28ClF3N2O2S. The summed E-state index contributed by atoms with van der Waals surface area (Å²) >= 11 is 5.44. The van der Waals surface area contributed by atoms with E-state index in [4.69, 9.17) is 11.6 Å². The Morgan fingerprint density at radius 3 is 2.47 bits per heavy atom. The van der Waals surface area contributed by atoms with Crippen LogP contribution in [-0.2, 0) is 16.2 Å². The fraction of sp³-hybridized carbons (Fsp3) is 0.478. The number of alkyl halides is 4. The maximum absolute atomic E-state index is 13.3. The molecule has 2 aromatic rings. The van der Waals surface area contributed by atoms with E-state index in [0.29, 0.717) is 5.56 Å². The van der Waals surface area contributed by atoms with Gasteiger partial charge in [-0.15, -0.1) is 11.6 Å². The van der Waals surface area contributed by atoms with Gasteiger partial charge in [0.2, 0.25) is 10.0 Å². The molecule has 32 heavy (non-hydrogen) atoms. The number of hydrogen-bond donors (Lipinski definition) is 2.